The smallest absolute Gasteiger partial charge is 0.410 e. The number of likely N-dealkylation sites (tertiary alicyclic amines) is 1. The number of hydrogen-bond donors (Lipinski definition) is 0. The van der Waals surface area contributed by atoms with Gasteiger partial charge in [0.2, 0.25) is 0 Å². The molecule has 1 saturated heterocycles. The van der Waals surface area contributed by atoms with Crippen molar-refractivity contribution in [3.05, 3.63) is 54.5 Å². The van der Waals surface area contributed by atoms with E-state index in [-0.39, 0.29) is 17.9 Å². The van der Waals surface area contributed by atoms with Crippen molar-refractivity contribution in [2.45, 2.75) is 45.3 Å². The van der Waals surface area contributed by atoms with Gasteiger partial charge in [0.25, 0.3) is 0 Å². The zero-order chi connectivity index (χ0) is 23.6. The van der Waals surface area contributed by atoms with Crippen molar-refractivity contribution in [1.82, 2.24) is 9.88 Å². The van der Waals surface area contributed by atoms with Gasteiger partial charge in [-0.1, -0.05) is 12.1 Å². The van der Waals surface area contributed by atoms with Crippen LogP contribution in [-0.2, 0) is 4.74 Å². The molecule has 1 aliphatic heterocycles. The molecule has 0 N–H and O–H groups in total. The van der Waals surface area contributed by atoms with Crippen molar-refractivity contribution in [1.29, 1.82) is 0 Å². The molecule has 1 fully saturated rings. The van der Waals surface area contributed by atoms with Crippen molar-refractivity contribution in [3.8, 4) is 22.6 Å². The summed E-state index contributed by atoms with van der Waals surface area (Å²) < 4.78 is 30.7. The molecular formula is C26H29FN2O4. The number of amides is 1. The first-order chi connectivity index (χ1) is 15.7. The monoisotopic (exact) mass is 452 g/mol. The minimum absolute atomic E-state index is 0.0508. The number of ether oxygens (including phenoxy) is 3. The van der Waals surface area contributed by atoms with E-state index in [0.29, 0.717) is 24.0 Å². The number of halogens is 1. The molecule has 1 aromatic heterocycles. The molecule has 0 saturated carbocycles. The van der Waals surface area contributed by atoms with E-state index in [1.807, 2.05) is 51.1 Å². The number of fused-ring (bicyclic) bond motifs is 1. The second-order valence-electron chi connectivity index (χ2n) is 9.21. The minimum atomic E-state index is -0.492. The largest absolute Gasteiger partial charge is 0.494 e. The quantitative estimate of drug-likeness (QED) is 0.499. The van der Waals surface area contributed by atoms with Crippen LogP contribution in [0, 0.1) is 5.82 Å². The lowest BCUT2D eigenvalue weighted by molar-refractivity contribution is 0.0126. The van der Waals surface area contributed by atoms with Crippen molar-refractivity contribution in [3.63, 3.8) is 0 Å². The molecule has 4 rings (SSSR count). The van der Waals surface area contributed by atoms with Crippen LogP contribution in [0.3, 0.4) is 0 Å². The van der Waals surface area contributed by atoms with Gasteiger partial charge >= 0.3 is 6.09 Å². The van der Waals surface area contributed by atoms with E-state index in [2.05, 4.69) is 4.98 Å². The molecule has 0 unspecified atom stereocenters. The predicted octanol–water partition coefficient (Wildman–Crippen LogP) is 5.83. The molecule has 1 aliphatic rings. The van der Waals surface area contributed by atoms with Gasteiger partial charge in [0.1, 0.15) is 17.5 Å². The number of aromatic nitrogens is 1. The lowest BCUT2D eigenvalue weighted by Crippen LogP contribution is -2.44. The van der Waals surface area contributed by atoms with Gasteiger partial charge in [-0.2, -0.15) is 0 Å². The van der Waals surface area contributed by atoms with Crippen molar-refractivity contribution < 1.29 is 23.4 Å². The summed E-state index contributed by atoms with van der Waals surface area (Å²) in [6, 6.07) is 12.7. The van der Waals surface area contributed by atoms with Crippen molar-refractivity contribution in [2.75, 3.05) is 20.2 Å². The summed E-state index contributed by atoms with van der Waals surface area (Å²) in [6.07, 6.45) is 3.06. The fourth-order valence-corrected chi connectivity index (χ4v) is 3.84. The van der Waals surface area contributed by atoms with Gasteiger partial charge in [-0.05, 0) is 50.6 Å². The van der Waals surface area contributed by atoms with Crippen molar-refractivity contribution in [2.24, 2.45) is 0 Å². The molecule has 0 atom stereocenters. The number of rotatable bonds is 4. The number of carbonyl (C=O) groups is 1. The van der Waals surface area contributed by atoms with Crippen LogP contribution in [0.5, 0.6) is 11.5 Å². The summed E-state index contributed by atoms with van der Waals surface area (Å²) >= 11 is 0. The summed E-state index contributed by atoms with van der Waals surface area (Å²) in [5, 5.41) is 0.711. The van der Waals surface area contributed by atoms with Crippen LogP contribution in [-0.4, -0.2) is 47.9 Å². The van der Waals surface area contributed by atoms with Crippen LogP contribution in [0.1, 0.15) is 33.6 Å². The highest BCUT2D eigenvalue weighted by Gasteiger charge is 2.27. The number of carbonyl (C=O) groups excluding carboxylic acids is 1. The minimum Gasteiger partial charge on any atom is -0.494 e. The van der Waals surface area contributed by atoms with E-state index in [1.165, 1.54) is 13.2 Å². The Morgan fingerprint density at radius 3 is 2.39 bits per heavy atom. The lowest BCUT2D eigenvalue weighted by atomic mass is 10.0. The fraction of sp³-hybridized carbons (Fsp3) is 0.385. The third-order valence-electron chi connectivity index (χ3n) is 5.54. The van der Waals surface area contributed by atoms with Gasteiger partial charge in [-0.15, -0.1) is 0 Å². The van der Waals surface area contributed by atoms with Gasteiger partial charge < -0.3 is 19.1 Å². The number of methoxy groups -OCH3 is 1. The Morgan fingerprint density at radius 1 is 1.06 bits per heavy atom. The second-order valence-corrected chi connectivity index (χ2v) is 9.21. The van der Waals surface area contributed by atoms with E-state index in [1.54, 1.807) is 17.2 Å². The van der Waals surface area contributed by atoms with Crippen LogP contribution in [0.15, 0.2) is 48.7 Å². The molecule has 0 spiro atoms. The summed E-state index contributed by atoms with van der Waals surface area (Å²) in [4.78, 5) is 18.4. The molecule has 0 aliphatic carbocycles. The number of piperidine rings is 1. The Hall–Kier alpha value is -3.35. The van der Waals surface area contributed by atoms with E-state index >= 15 is 0 Å². The maximum atomic E-state index is 14.1. The highest BCUT2D eigenvalue weighted by Crippen LogP contribution is 2.29. The first kappa shape index (κ1) is 22.8. The lowest BCUT2D eigenvalue weighted by Gasteiger charge is -2.33. The van der Waals surface area contributed by atoms with E-state index in [0.717, 1.165) is 29.7 Å². The van der Waals surface area contributed by atoms with E-state index < -0.39 is 11.4 Å². The Bertz CT molecular complexity index is 1130. The molecule has 6 nitrogen and oxygen atoms in total. The maximum Gasteiger partial charge on any atom is 0.410 e. The molecule has 2 heterocycles. The first-order valence-corrected chi connectivity index (χ1v) is 11.1. The normalized spacial score (nSPS) is 14.9. The third kappa shape index (κ3) is 5.53. The molecule has 2 aromatic carbocycles. The van der Waals surface area contributed by atoms with Gasteiger partial charge in [0, 0.05) is 49.1 Å². The van der Waals surface area contributed by atoms with Gasteiger partial charge in [-0.3, -0.25) is 4.98 Å². The van der Waals surface area contributed by atoms with E-state index in [4.69, 9.17) is 14.2 Å². The third-order valence-corrected chi connectivity index (χ3v) is 5.54. The molecule has 174 valence electrons. The summed E-state index contributed by atoms with van der Waals surface area (Å²) in [5.74, 6) is 0.547. The molecule has 1 amide bonds. The molecule has 33 heavy (non-hydrogen) atoms. The summed E-state index contributed by atoms with van der Waals surface area (Å²) in [5.41, 5.74) is 2.04. The molecule has 3 aromatic rings. The van der Waals surface area contributed by atoms with Crippen LogP contribution < -0.4 is 9.47 Å². The average molecular weight is 453 g/mol. The molecule has 7 heteroatoms. The topological polar surface area (TPSA) is 60.9 Å². The SMILES string of the molecule is COc1cc2ncc(-c3ccc(OC4CCN(C(=O)OC(C)(C)C)CC4)cc3)cc2cc1F. The second kappa shape index (κ2) is 9.25. The summed E-state index contributed by atoms with van der Waals surface area (Å²) in [6.45, 7) is 6.83. The van der Waals surface area contributed by atoms with Crippen molar-refractivity contribution >= 4 is 17.0 Å². The molecule has 0 bridgehead atoms. The van der Waals surface area contributed by atoms with Crippen LogP contribution in [0.4, 0.5) is 9.18 Å². The zero-order valence-electron chi connectivity index (χ0n) is 19.4. The van der Waals surface area contributed by atoms with Gasteiger partial charge in [-0.25, -0.2) is 9.18 Å². The number of nitrogens with zero attached hydrogens (tertiary/aromatic N) is 2. The average Bonchev–Trinajstić information content (AvgIpc) is 2.78. The molecular weight excluding hydrogens is 423 g/mol. The Balaban J connectivity index is 1.38. The Kier molecular flexibility index (Phi) is 6.40. The maximum absolute atomic E-state index is 14.1. The number of hydrogen-bond acceptors (Lipinski definition) is 5. The summed E-state index contributed by atoms with van der Waals surface area (Å²) in [7, 11) is 1.44. The fourth-order valence-electron chi connectivity index (χ4n) is 3.84. The van der Waals surface area contributed by atoms with Crippen LogP contribution >= 0.6 is 0 Å². The number of benzene rings is 2. The van der Waals surface area contributed by atoms with Gasteiger partial charge in [0.05, 0.1) is 12.6 Å². The highest BCUT2D eigenvalue weighted by molar-refractivity contribution is 5.84. The van der Waals surface area contributed by atoms with Gasteiger partial charge in [0.15, 0.2) is 11.6 Å². The van der Waals surface area contributed by atoms with Crippen LogP contribution in [0.25, 0.3) is 22.0 Å². The standard InChI is InChI=1S/C26H29FN2O4/c1-26(2,3)33-25(30)29-11-9-21(10-12-29)32-20-7-5-17(6-8-20)19-13-18-14-22(27)24(31-4)15-23(18)28-16-19/h5-8,13-16,21H,9-12H2,1-4H3. The highest BCUT2D eigenvalue weighted by atomic mass is 19.1. The van der Waals surface area contributed by atoms with E-state index in [9.17, 15) is 9.18 Å². The molecule has 0 radical (unpaired) electrons. The Morgan fingerprint density at radius 2 is 1.76 bits per heavy atom. The number of pyridine rings is 1. The predicted molar refractivity (Wildman–Crippen MR) is 125 cm³/mol. The zero-order valence-corrected chi connectivity index (χ0v) is 19.4. The first-order valence-electron chi connectivity index (χ1n) is 11.1. The Labute approximate surface area is 193 Å². The van der Waals surface area contributed by atoms with Crippen LogP contribution in [0.2, 0.25) is 0 Å².